The maximum Gasteiger partial charge on any atom is 0.410 e. The molecule has 1 aliphatic rings. The van der Waals surface area contributed by atoms with Crippen LogP contribution in [0.3, 0.4) is 0 Å². The van der Waals surface area contributed by atoms with Crippen molar-refractivity contribution in [2.45, 2.75) is 32.5 Å². The van der Waals surface area contributed by atoms with Crippen LogP contribution in [0.5, 0.6) is 0 Å². The van der Waals surface area contributed by atoms with Crippen molar-refractivity contribution < 1.29 is 18.8 Å². The largest absolute Gasteiger partial charge is 0.444 e. The molecule has 1 aromatic carbocycles. The number of aromatic nitrogens is 1. The second-order valence-corrected chi connectivity index (χ2v) is 6.77. The summed E-state index contributed by atoms with van der Waals surface area (Å²) >= 11 is 0. The van der Waals surface area contributed by atoms with Crippen molar-refractivity contribution in [3.05, 3.63) is 42.2 Å². The van der Waals surface area contributed by atoms with E-state index in [0.29, 0.717) is 25.5 Å². The van der Waals surface area contributed by atoms with Gasteiger partial charge in [-0.15, -0.1) is 0 Å². The van der Waals surface area contributed by atoms with Crippen molar-refractivity contribution >= 4 is 6.09 Å². The van der Waals surface area contributed by atoms with Crippen LogP contribution < -0.4 is 0 Å². The number of carbonyl (C=O) groups excluding carboxylic acids is 1. The number of rotatable bonds is 2. The Hall–Kier alpha value is -2.34. The molecule has 1 amide bonds. The molecule has 0 radical (unpaired) electrons. The lowest BCUT2D eigenvalue weighted by atomic mass is 10.1. The van der Waals surface area contributed by atoms with Gasteiger partial charge in [0.25, 0.3) is 0 Å². The molecular weight excluding hydrogens is 308 g/mol. The Balaban J connectivity index is 1.69. The molecule has 2 aromatic rings. The molecule has 0 N–H and O–H groups in total. The summed E-state index contributed by atoms with van der Waals surface area (Å²) < 4.78 is 16.6. The summed E-state index contributed by atoms with van der Waals surface area (Å²) in [5.41, 5.74) is 1.22. The number of nitrogens with zero attached hydrogens (tertiary/aromatic N) is 2. The molecule has 1 fully saturated rings. The van der Waals surface area contributed by atoms with Crippen molar-refractivity contribution in [1.29, 1.82) is 0 Å². The van der Waals surface area contributed by atoms with Crippen molar-refractivity contribution in [3.63, 3.8) is 0 Å². The zero-order chi connectivity index (χ0) is 17.2. The van der Waals surface area contributed by atoms with Gasteiger partial charge in [-0.3, -0.25) is 0 Å². The van der Waals surface area contributed by atoms with Gasteiger partial charge in [-0.2, -0.15) is 0 Å². The second-order valence-electron chi connectivity index (χ2n) is 6.77. The molecule has 1 atom stereocenters. The van der Waals surface area contributed by atoms with Crippen molar-refractivity contribution in [2.24, 2.45) is 0 Å². The molecule has 128 valence electrons. The molecule has 1 aromatic heterocycles. The van der Waals surface area contributed by atoms with Gasteiger partial charge in [0.05, 0.1) is 13.2 Å². The van der Waals surface area contributed by atoms with Gasteiger partial charge in [0.1, 0.15) is 17.4 Å². The molecule has 3 rings (SSSR count). The molecule has 0 spiro atoms. The number of hydrogen-bond acceptors (Lipinski definition) is 5. The topological polar surface area (TPSA) is 64.8 Å². The highest BCUT2D eigenvalue weighted by Crippen LogP contribution is 2.27. The van der Waals surface area contributed by atoms with Crippen LogP contribution in [0.2, 0.25) is 0 Å². The molecule has 6 nitrogen and oxygen atoms in total. The molecule has 0 saturated carbocycles. The fraction of sp³-hybridized carbons (Fsp3) is 0.444. The van der Waals surface area contributed by atoms with Gasteiger partial charge in [-0.05, 0) is 20.8 Å². The van der Waals surface area contributed by atoms with Crippen molar-refractivity contribution in [3.8, 4) is 11.3 Å². The van der Waals surface area contributed by atoms with Crippen molar-refractivity contribution in [1.82, 2.24) is 10.1 Å². The van der Waals surface area contributed by atoms with E-state index in [4.69, 9.17) is 14.0 Å². The quantitative estimate of drug-likeness (QED) is 0.841. The summed E-state index contributed by atoms with van der Waals surface area (Å²) in [5.74, 6) is 0.613. The summed E-state index contributed by atoms with van der Waals surface area (Å²) in [6.45, 7) is 6.89. The van der Waals surface area contributed by atoms with E-state index in [0.717, 1.165) is 11.3 Å². The molecule has 1 unspecified atom stereocenters. The summed E-state index contributed by atoms with van der Waals surface area (Å²) in [6, 6.07) is 11.6. The Morgan fingerprint density at radius 1 is 1.29 bits per heavy atom. The zero-order valence-corrected chi connectivity index (χ0v) is 14.2. The molecule has 24 heavy (non-hydrogen) atoms. The third-order valence-corrected chi connectivity index (χ3v) is 3.63. The van der Waals surface area contributed by atoms with Crippen LogP contribution in [0.15, 0.2) is 40.9 Å². The predicted molar refractivity (Wildman–Crippen MR) is 88.4 cm³/mol. The van der Waals surface area contributed by atoms with E-state index in [9.17, 15) is 4.79 Å². The molecule has 0 aliphatic carbocycles. The smallest absolute Gasteiger partial charge is 0.410 e. The molecule has 2 heterocycles. The average Bonchev–Trinajstić information content (AvgIpc) is 3.04. The van der Waals surface area contributed by atoms with Crippen LogP contribution in [0.1, 0.15) is 32.6 Å². The first-order valence-electron chi connectivity index (χ1n) is 8.04. The first kappa shape index (κ1) is 16.5. The first-order valence-corrected chi connectivity index (χ1v) is 8.04. The third kappa shape index (κ3) is 3.94. The lowest BCUT2D eigenvalue weighted by Gasteiger charge is -2.33. The Kier molecular flexibility index (Phi) is 4.57. The number of hydrogen-bond donors (Lipinski definition) is 0. The Labute approximate surface area is 141 Å². The summed E-state index contributed by atoms with van der Waals surface area (Å²) in [5, 5.41) is 4.10. The summed E-state index contributed by atoms with van der Waals surface area (Å²) in [6.07, 6.45) is -0.671. The predicted octanol–water partition coefficient (Wildman–Crippen LogP) is 3.65. The molecule has 1 saturated heterocycles. The Morgan fingerprint density at radius 2 is 2.04 bits per heavy atom. The zero-order valence-electron chi connectivity index (χ0n) is 14.2. The highest BCUT2D eigenvalue weighted by molar-refractivity contribution is 5.68. The SMILES string of the molecule is CC(C)(C)OC(=O)N1CCOC(c2cc(-c3ccccc3)no2)C1. The maximum atomic E-state index is 12.2. The first-order chi connectivity index (χ1) is 11.4. The van der Waals surface area contributed by atoms with Crippen LogP contribution >= 0.6 is 0 Å². The van der Waals surface area contributed by atoms with Gasteiger partial charge in [0, 0.05) is 18.2 Å². The highest BCUT2D eigenvalue weighted by atomic mass is 16.6. The normalized spacial score (nSPS) is 18.5. The number of ether oxygens (including phenoxy) is 2. The Bertz CT molecular complexity index is 691. The average molecular weight is 330 g/mol. The standard InChI is InChI=1S/C18H22N2O4/c1-18(2,3)23-17(21)20-9-10-22-16(12-20)15-11-14(19-24-15)13-7-5-4-6-8-13/h4-8,11,16H,9-10,12H2,1-3H3. The van der Waals surface area contributed by atoms with Gasteiger partial charge in [-0.1, -0.05) is 35.5 Å². The lowest BCUT2D eigenvalue weighted by Crippen LogP contribution is -2.44. The van der Waals surface area contributed by atoms with E-state index >= 15 is 0 Å². The van der Waals surface area contributed by atoms with Gasteiger partial charge in [0.15, 0.2) is 5.76 Å². The molecule has 0 bridgehead atoms. The van der Waals surface area contributed by atoms with E-state index in [1.807, 2.05) is 57.2 Å². The maximum absolute atomic E-state index is 12.2. The lowest BCUT2D eigenvalue weighted by molar-refractivity contribution is -0.0517. The monoisotopic (exact) mass is 330 g/mol. The summed E-state index contributed by atoms with van der Waals surface area (Å²) in [4.78, 5) is 13.9. The van der Waals surface area contributed by atoms with Crippen LogP contribution in [0.4, 0.5) is 4.79 Å². The number of carbonyl (C=O) groups is 1. The van der Waals surface area contributed by atoms with Crippen molar-refractivity contribution in [2.75, 3.05) is 19.7 Å². The minimum absolute atomic E-state index is 0.335. The Morgan fingerprint density at radius 3 is 2.75 bits per heavy atom. The molecular formula is C18H22N2O4. The summed E-state index contributed by atoms with van der Waals surface area (Å²) in [7, 11) is 0. The van der Waals surface area contributed by atoms with E-state index in [2.05, 4.69) is 5.16 Å². The highest BCUT2D eigenvalue weighted by Gasteiger charge is 2.31. The van der Waals surface area contributed by atoms with E-state index < -0.39 is 5.60 Å². The second kappa shape index (κ2) is 6.65. The van der Waals surface area contributed by atoms with Gasteiger partial charge in [-0.25, -0.2) is 4.79 Å². The number of amides is 1. The van der Waals surface area contributed by atoms with Gasteiger partial charge < -0.3 is 18.9 Å². The van der Waals surface area contributed by atoms with Gasteiger partial charge in [0.2, 0.25) is 0 Å². The van der Waals surface area contributed by atoms with Crippen LogP contribution in [-0.2, 0) is 9.47 Å². The fourth-order valence-electron chi connectivity index (χ4n) is 2.50. The van der Waals surface area contributed by atoms with E-state index in [1.54, 1.807) is 4.90 Å². The van der Waals surface area contributed by atoms with E-state index in [1.165, 1.54) is 0 Å². The number of morpholine rings is 1. The van der Waals surface area contributed by atoms with Crippen LogP contribution in [-0.4, -0.2) is 41.4 Å². The fourth-order valence-corrected chi connectivity index (χ4v) is 2.50. The van der Waals surface area contributed by atoms with Crippen LogP contribution in [0.25, 0.3) is 11.3 Å². The molecule has 6 heteroatoms. The van der Waals surface area contributed by atoms with Crippen LogP contribution in [0, 0.1) is 0 Å². The minimum atomic E-state index is -0.516. The third-order valence-electron chi connectivity index (χ3n) is 3.63. The van der Waals surface area contributed by atoms with E-state index in [-0.39, 0.29) is 12.2 Å². The number of benzene rings is 1. The minimum Gasteiger partial charge on any atom is -0.444 e. The molecule has 1 aliphatic heterocycles. The van der Waals surface area contributed by atoms with Gasteiger partial charge >= 0.3 is 6.09 Å².